The normalized spacial score (nSPS) is 18.3. The number of ether oxygens (including phenoxy) is 1. The van der Waals surface area contributed by atoms with Crippen molar-refractivity contribution in [2.75, 3.05) is 0 Å². The number of hydrogen-bond acceptors (Lipinski definition) is 2. The fourth-order valence-electron chi connectivity index (χ4n) is 4.01. The molecule has 0 aromatic heterocycles. The maximum absolute atomic E-state index is 10.4. The summed E-state index contributed by atoms with van der Waals surface area (Å²) in [6.45, 7) is 11.0. The van der Waals surface area contributed by atoms with E-state index in [9.17, 15) is 5.11 Å². The van der Waals surface area contributed by atoms with Crippen LogP contribution in [0.2, 0.25) is 0 Å². The van der Waals surface area contributed by atoms with E-state index in [0.717, 1.165) is 36.1 Å². The SMILES string of the molecule is CCCCCCCCc1cc2c(cc1O)C(C)(C)CC(C)(C)O2. The molecule has 0 spiro atoms. The zero-order valence-electron chi connectivity index (χ0n) is 15.7. The highest BCUT2D eigenvalue weighted by Gasteiger charge is 2.39. The zero-order valence-corrected chi connectivity index (χ0v) is 15.7. The molecule has 0 saturated heterocycles. The Labute approximate surface area is 142 Å². The molecule has 1 N–H and O–H groups in total. The number of phenols is 1. The molecular weight excluding hydrogens is 284 g/mol. The molecule has 23 heavy (non-hydrogen) atoms. The van der Waals surface area contributed by atoms with E-state index >= 15 is 0 Å². The molecule has 2 rings (SSSR count). The predicted molar refractivity (Wildman–Crippen MR) is 97.5 cm³/mol. The molecule has 2 nitrogen and oxygen atoms in total. The lowest BCUT2D eigenvalue weighted by Gasteiger charge is -2.42. The van der Waals surface area contributed by atoms with Gasteiger partial charge in [0.1, 0.15) is 17.1 Å². The Bertz CT molecular complexity index is 529. The molecule has 0 saturated carbocycles. The summed E-state index contributed by atoms with van der Waals surface area (Å²) in [4.78, 5) is 0. The Balaban J connectivity index is 2.06. The lowest BCUT2D eigenvalue weighted by molar-refractivity contribution is 0.0531. The molecule has 0 radical (unpaired) electrons. The summed E-state index contributed by atoms with van der Waals surface area (Å²) < 4.78 is 6.20. The zero-order chi connectivity index (χ0) is 17.1. The molecule has 0 aliphatic carbocycles. The largest absolute Gasteiger partial charge is 0.508 e. The van der Waals surface area contributed by atoms with Crippen molar-refractivity contribution in [3.8, 4) is 11.5 Å². The number of fused-ring (bicyclic) bond motifs is 1. The first-order chi connectivity index (χ1) is 10.7. The van der Waals surface area contributed by atoms with Crippen LogP contribution in [-0.2, 0) is 11.8 Å². The first kappa shape index (κ1) is 18.2. The van der Waals surface area contributed by atoms with E-state index in [1.54, 1.807) is 0 Å². The minimum absolute atomic E-state index is 0.0350. The molecule has 0 bridgehead atoms. The van der Waals surface area contributed by atoms with Gasteiger partial charge in [0.2, 0.25) is 0 Å². The van der Waals surface area contributed by atoms with Crippen molar-refractivity contribution in [2.45, 2.75) is 97.0 Å². The second-order valence-corrected chi connectivity index (χ2v) is 8.42. The van der Waals surface area contributed by atoms with Crippen LogP contribution in [0.3, 0.4) is 0 Å². The number of phenolic OH excluding ortho intramolecular Hbond substituents is 1. The minimum Gasteiger partial charge on any atom is -0.508 e. The second kappa shape index (κ2) is 7.15. The number of benzene rings is 1. The molecule has 1 aromatic rings. The molecule has 2 heteroatoms. The highest BCUT2D eigenvalue weighted by Crippen LogP contribution is 2.46. The molecule has 1 aliphatic heterocycles. The lowest BCUT2D eigenvalue weighted by Crippen LogP contribution is -2.41. The van der Waals surface area contributed by atoms with Crippen LogP contribution in [0.25, 0.3) is 0 Å². The molecular formula is C21H34O2. The number of hydrogen-bond donors (Lipinski definition) is 1. The van der Waals surface area contributed by atoms with Gasteiger partial charge in [0.15, 0.2) is 0 Å². The van der Waals surface area contributed by atoms with Crippen LogP contribution in [0.4, 0.5) is 0 Å². The van der Waals surface area contributed by atoms with Gasteiger partial charge in [-0.05, 0) is 56.2 Å². The first-order valence-electron chi connectivity index (χ1n) is 9.30. The maximum atomic E-state index is 10.4. The van der Waals surface area contributed by atoms with Crippen molar-refractivity contribution in [1.29, 1.82) is 0 Å². The van der Waals surface area contributed by atoms with E-state index < -0.39 is 0 Å². The van der Waals surface area contributed by atoms with E-state index in [4.69, 9.17) is 4.74 Å². The Morgan fingerprint density at radius 3 is 2.35 bits per heavy atom. The van der Waals surface area contributed by atoms with Gasteiger partial charge in [-0.2, -0.15) is 0 Å². The summed E-state index contributed by atoms with van der Waals surface area (Å²) in [5.41, 5.74) is 2.06. The monoisotopic (exact) mass is 318 g/mol. The van der Waals surface area contributed by atoms with Crippen molar-refractivity contribution in [3.63, 3.8) is 0 Å². The van der Waals surface area contributed by atoms with E-state index in [1.165, 1.54) is 32.1 Å². The summed E-state index contributed by atoms with van der Waals surface area (Å²) >= 11 is 0. The maximum Gasteiger partial charge on any atom is 0.124 e. The highest BCUT2D eigenvalue weighted by molar-refractivity contribution is 5.50. The topological polar surface area (TPSA) is 29.5 Å². The fraction of sp³-hybridized carbons (Fsp3) is 0.714. The van der Waals surface area contributed by atoms with Gasteiger partial charge in [0, 0.05) is 5.56 Å². The van der Waals surface area contributed by atoms with Crippen LogP contribution in [-0.4, -0.2) is 10.7 Å². The third kappa shape index (κ3) is 4.65. The van der Waals surface area contributed by atoms with Crippen LogP contribution in [0, 0.1) is 0 Å². The third-order valence-electron chi connectivity index (χ3n) is 4.96. The Morgan fingerprint density at radius 2 is 1.65 bits per heavy atom. The van der Waals surface area contributed by atoms with Crippen molar-refractivity contribution < 1.29 is 9.84 Å². The third-order valence-corrected chi connectivity index (χ3v) is 4.96. The summed E-state index contributed by atoms with van der Waals surface area (Å²) in [5, 5.41) is 10.4. The van der Waals surface area contributed by atoms with Gasteiger partial charge >= 0.3 is 0 Å². The van der Waals surface area contributed by atoms with Crippen LogP contribution in [0.5, 0.6) is 11.5 Å². The average Bonchev–Trinajstić information content (AvgIpc) is 2.42. The van der Waals surface area contributed by atoms with Gasteiger partial charge in [0.05, 0.1) is 0 Å². The quantitative estimate of drug-likeness (QED) is 0.612. The number of aromatic hydroxyl groups is 1. The summed E-state index contributed by atoms with van der Waals surface area (Å²) in [7, 11) is 0. The fourth-order valence-corrected chi connectivity index (χ4v) is 4.01. The lowest BCUT2D eigenvalue weighted by atomic mass is 9.73. The molecule has 0 unspecified atom stereocenters. The Morgan fingerprint density at radius 1 is 1.00 bits per heavy atom. The Kier molecular flexibility index (Phi) is 5.65. The van der Waals surface area contributed by atoms with Crippen LogP contribution in [0.15, 0.2) is 12.1 Å². The molecule has 130 valence electrons. The van der Waals surface area contributed by atoms with Crippen LogP contribution < -0.4 is 4.74 Å². The van der Waals surface area contributed by atoms with Crippen molar-refractivity contribution in [1.82, 2.24) is 0 Å². The molecule has 1 heterocycles. The van der Waals surface area contributed by atoms with Gasteiger partial charge in [-0.3, -0.25) is 0 Å². The van der Waals surface area contributed by atoms with E-state index in [-0.39, 0.29) is 11.0 Å². The standard InChI is InChI=1S/C21H34O2/c1-6-7-8-9-10-11-12-16-13-19-17(14-18(16)22)20(2,3)15-21(4,5)23-19/h13-14,22H,6-12,15H2,1-5H3. The van der Waals surface area contributed by atoms with Crippen molar-refractivity contribution in [3.05, 3.63) is 23.3 Å². The van der Waals surface area contributed by atoms with E-state index in [0.29, 0.717) is 5.75 Å². The van der Waals surface area contributed by atoms with Gasteiger partial charge in [0.25, 0.3) is 0 Å². The van der Waals surface area contributed by atoms with E-state index in [1.807, 2.05) is 6.07 Å². The first-order valence-corrected chi connectivity index (χ1v) is 9.30. The molecule has 1 aliphatic rings. The smallest absolute Gasteiger partial charge is 0.124 e. The van der Waals surface area contributed by atoms with E-state index in [2.05, 4.69) is 40.7 Å². The number of aryl methyl sites for hydroxylation is 1. The van der Waals surface area contributed by atoms with Gasteiger partial charge in [-0.25, -0.2) is 0 Å². The minimum atomic E-state index is -0.148. The van der Waals surface area contributed by atoms with Gasteiger partial charge in [-0.15, -0.1) is 0 Å². The summed E-state index contributed by atoms with van der Waals surface area (Å²) in [5.74, 6) is 1.40. The predicted octanol–water partition coefficient (Wildman–Crippen LogP) is 6.13. The number of unbranched alkanes of at least 4 members (excludes halogenated alkanes) is 5. The summed E-state index contributed by atoms with van der Waals surface area (Å²) in [6, 6.07) is 4.02. The molecule has 1 aromatic carbocycles. The van der Waals surface area contributed by atoms with Crippen LogP contribution >= 0.6 is 0 Å². The Hall–Kier alpha value is -1.18. The highest BCUT2D eigenvalue weighted by atomic mass is 16.5. The van der Waals surface area contributed by atoms with Crippen molar-refractivity contribution in [2.24, 2.45) is 0 Å². The second-order valence-electron chi connectivity index (χ2n) is 8.42. The average molecular weight is 319 g/mol. The molecule has 0 atom stereocenters. The van der Waals surface area contributed by atoms with Crippen LogP contribution in [0.1, 0.15) is 90.7 Å². The molecule has 0 amide bonds. The molecule has 0 fully saturated rings. The van der Waals surface area contributed by atoms with Gasteiger partial charge in [-0.1, -0.05) is 52.9 Å². The number of rotatable bonds is 7. The van der Waals surface area contributed by atoms with Crippen molar-refractivity contribution >= 4 is 0 Å². The summed E-state index contributed by atoms with van der Waals surface area (Å²) in [6.07, 6.45) is 9.54. The van der Waals surface area contributed by atoms with Gasteiger partial charge < -0.3 is 9.84 Å².